The minimum atomic E-state index is -3.61. The van der Waals surface area contributed by atoms with Gasteiger partial charge in [0.05, 0.1) is 11.9 Å². The Bertz CT molecular complexity index is 1170. The van der Waals surface area contributed by atoms with Crippen molar-refractivity contribution in [3.63, 3.8) is 0 Å². The lowest BCUT2D eigenvalue weighted by atomic mass is 10.1. The summed E-state index contributed by atoms with van der Waals surface area (Å²) in [6, 6.07) is 14.3. The van der Waals surface area contributed by atoms with Crippen LogP contribution in [0.5, 0.6) is 11.5 Å². The average molecular weight is 546 g/mol. The number of ether oxygens (including phenoxy) is 2. The van der Waals surface area contributed by atoms with Crippen LogP contribution in [0.4, 0.5) is 5.69 Å². The van der Waals surface area contributed by atoms with Gasteiger partial charge >= 0.3 is 0 Å². The third-order valence-electron chi connectivity index (χ3n) is 6.39. The fourth-order valence-corrected chi connectivity index (χ4v) is 5.41. The Morgan fingerprint density at radius 2 is 1.71 bits per heavy atom. The molecule has 1 aliphatic heterocycles. The number of nitrogens with zero attached hydrogens (tertiary/aromatic N) is 2. The van der Waals surface area contributed by atoms with Gasteiger partial charge in [0.25, 0.3) is 0 Å². The summed E-state index contributed by atoms with van der Waals surface area (Å²) in [5, 5.41) is 2.92. The monoisotopic (exact) mass is 545 g/mol. The normalized spacial score (nSPS) is 13.4. The van der Waals surface area contributed by atoms with E-state index in [0.29, 0.717) is 62.8 Å². The lowest BCUT2D eigenvalue weighted by Gasteiger charge is -2.31. The van der Waals surface area contributed by atoms with E-state index >= 15 is 0 Å². The zero-order chi connectivity index (χ0) is 27.5. The molecule has 0 radical (unpaired) electrons. The molecule has 0 spiro atoms. The summed E-state index contributed by atoms with van der Waals surface area (Å²) < 4.78 is 37.7. The van der Waals surface area contributed by atoms with E-state index in [0.717, 1.165) is 18.2 Å². The van der Waals surface area contributed by atoms with Crippen LogP contribution < -0.4 is 19.1 Å². The van der Waals surface area contributed by atoms with Crippen LogP contribution in [-0.4, -0.2) is 70.3 Å². The zero-order valence-electron chi connectivity index (χ0n) is 22.5. The Kier molecular flexibility index (Phi) is 10.8. The first-order valence-corrected chi connectivity index (χ1v) is 15.1. The Balaban J connectivity index is 1.71. The summed E-state index contributed by atoms with van der Waals surface area (Å²) in [6.07, 6.45) is 3.47. The highest BCUT2D eigenvalue weighted by atomic mass is 32.2. The molecule has 38 heavy (non-hydrogen) atoms. The molecule has 1 N–H and O–H groups in total. The minimum Gasteiger partial charge on any atom is -0.486 e. The van der Waals surface area contributed by atoms with Gasteiger partial charge in [0.15, 0.2) is 11.5 Å². The summed E-state index contributed by atoms with van der Waals surface area (Å²) in [7, 11) is -3.61. The Morgan fingerprint density at radius 3 is 2.37 bits per heavy atom. The number of anilines is 1. The van der Waals surface area contributed by atoms with Gasteiger partial charge in [-0.3, -0.25) is 13.9 Å². The highest BCUT2D eigenvalue weighted by Gasteiger charge is 2.28. The fraction of sp³-hybridized carbons (Fsp3) is 0.500. The van der Waals surface area contributed by atoms with Crippen molar-refractivity contribution in [2.75, 3.05) is 43.4 Å². The maximum atomic E-state index is 13.4. The van der Waals surface area contributed by atoms with Gasteiger partial charge in [0.2, 0.25) is 21.8 Å². The molecule has 0 bridgehead atoms. The van der Waals surface area contributed by atoms with Crippen LogP contribution in [0.25, 0.3) is 0 Å². The molecular formula is C28H39N3O6S. The second-order valence-electron chi connectivity index (χ2n) is 9.30. The number of hydrogen-bond acceptors (Lipinski definition) is 6. The van der Waals surface area contributed by atoms with Gasteiger partial charge in [-0.1, -0.05) is 44.2 Å². The second kappa shape index (κ2) is 14.0. The molecule has 0 saturated heterocycles. The number of carbonyl (C=O) groups excluding carboxylic acids is 2. The molecule has 0 saturated carbocycles. The summed E-state index contributed by atoms with van der Waals surface area (Å²) in [5.41, 5.74) is 1.53. The Morgan fingerprint density at radius 1 is 1.00 bits per heavy atom. The summed E-state index contributed by atoms with van der Waals surface area (Å²) >= 11 is 0. The van der Waals surface area contributed by atoms with Crippen molar-refractivity contribution < 1.29 is 27.5 Å². The molecule has 9 nitrogen and oxygen atoms in total. The lowest BCUT2D eigenvalue weighted by molar-refractivity contribution is -0.140. The molecule has 208 valence electrons. The Hall–Kier alpha value is -3.27. The van der Waals surface area contributed by atoms with Crippen molar-refractivity contribution in [3.8, 4) is 11.5 Å². The fourth-order valence-electron chi connectivity index (χ4n) is 4.45. The van der Waals surface area contributed by atoms with E-state index in [1.54, 1.807) is 23.1 Å². The van der Waals surface area contributed by atoms with E-state index in [1.165, 1.54) is 4.31 Å². The number of sulfonamides is 1. The number of benzene rings is 2. The number of nitrogens with one attached hydrogen (secondary N) is 1. The predicted molar refractivity (Wildman–Crippen MR) is 148 cm³/mol. The van der Waals surface area contributed by atoms with Crippen molar-refractivity contribution in [1.82, 2.24) is 10.2 Å². The average Bonchev–Trinajstić information content (AvgIpc) is 2.91. The molecule has 3 rings (SSSR count). The summed E-state index contributed by atoms with van der Waals surface area (Å²) in [5.74, 6) is 0.735. The SMILES string of the molecule is CCCNC(=O)[C@H](CC)N(CCc1ccccc1)C(=O)CCCN(c1ccc2c(c1)OCCO2)S(C)(=O)=O. The van der Waals surface area contributed by atoms with Gasteiger partial charge in [-0.2, -0.15) is 0 Å². The maximum Gasteiger partial charge on any atom is 0.242 e. The van der Waals surface area contributed by atoms with Gasteiger partial charge in [-0.25, -0.2) is 8.42 Å². The molecule has 1 aliphatic rings. The molecule has 1 heterocycles. The molecular weight excluding hydrogens is 506 g/mol. The quantitative estimate of drug-likeness (QED) is 0.390. The van der Waals surface area contributed by atoms with E-state index in [1.807, 2.05) is 44.2 Å². The van der Waals surface area contributed by atoms with Crippen molar-refractivity contribution in [2.24, 2.45) is 0 Å². The van der Waals surface area contributed by atoms with Crippen LogP contribution >= 0.6 is 0 Å². The predicted octanol–water partition coefficient (Wildman–Crippen LogP) is 3.38. The van der Waals surface area contributed by atoms with Crippen molar-refractivity contribution in [2.45, 2.75) is 52.0 Å². The van der Waals surface area contributed by atoms with Gasteiger partial charge in [-0.05, 0) is 43.4 Å². The molecule has 2 aromatic rings. The van der Waals surface area contributed by atoms with Gasteiger partial charge in [0.1, 0.15) is 19.3 Å². The number of hydrogen-bond donors (Lipinski definition) is 1. The zero-order valence-corrected chi connectivity index (χ0v) is 23.3. The van der Waals surface area contributed by atoms with E-state index in [2.05, 4.69) is 5.32 Å². The minimum absolute atomic E-state index is 0.114. The smallest absolute Gasteiger partial charge is 0.242 e. The first kappa shape index (κ1) is 29.3. The molecule has 0 aliphatic carbocycles. The van der Waals surface area contributed by atoms with Crippen LogP contribution in [-0.2, 0) is 26.0 Å². The topological polar surface area (TPSA) is 105 Å². The molecule has 0 fully saturated rings. The molecule has 2 amide bonds. The van der Waals surface area contributed by atoms with E-state index in [-0.39, 0.29) is 24.8 Å². The second-order valence-corrected chi connectivity index (χ2v) is 11.2. The number of carbonyl (C=O) groups is 2. The first-order valence-electron chi connectivity index (χ1n) is 13.2. The number of amides is 2. The highest BCUT2D eigenvalue weighted by molar-refractivity contribution is 7.92. The Labute approximate surface area is 226 Å². The van der Waals surface area contributed by atoms with Crippen LogP contribution in [0.15, 0.2) is 48.5 Å². The lowest BCUT2D eigenvalue weighted by Crippen LogP contribution is -2.50. The summed E-state index contributed by atoms with van der Waals surface area (Å²) in [4.78, 5) is 28.0. The highest BCUT2D eigenvalue weighted by Crippen LogP contribution is 2.34. The van der Waals surface area contributed by atoms with Crippen LogP contribution in [0.1, 0.15) is 45.1 Å². The molecule has 1 atom stereocenters. The molecule has 0 aromatic heterocycles. The molecule has 0 unspecified atom stereocenters. The van der Waals surface area contributed by atoms with E-state index < -0.39 is 16.1 Å². The van der Waals surface area contributed by atoms with Gasteiger partial charge in [0, 0.05) is 32.1 Å². The van der Waals surface area contributed by atoms with E-state index in [4.69, 9.17) is 9.47 Å². The van der Waals surface area contributed by atoms with E-state index in [9.17, 15) is 18.0 Å². The number of fused-ring (bicyclic) bond motifs is 1. The van der Waals surface area contributed by atoms with Gasteiger partial charge in [-0.15, -0.1) is 0 Å². The van der Waals surface area contributed by atoms with Crippen molar-refractivity contribution >= 4 is 27.5 Å². The standard InChI is InChI=1S/C28H39N3O6S/c1-4-16-29-28(33)24(5-2)30(18-15-22-10-7-6-8-11-22)27(32)12-9-17-31(38(3,34)35)23-13-14-25-26(21-23)37-20-19-36-25/h6-8,10-11,13-14,21,24H,4-5,9,12,15-20H2,1-3H3,(H,29,33)/t24-/m0/s1. The van der Waals surface area contributed by atoms with Crippen molar-refractivity contribution in [1.29, 1.82) is 0 Å². The van der Waals surface area contributed by atoms with Gasteiger partial charge < -0.3 is 19.7 Å². The maximum absolute atomic E-state index is 13.4. The number of rotatable bonds is 14. The summed E-state index contributed by atoms with van der Waals surface area (Å²) in [6.45, 7) is 5.79. The van der Waals surface area contributed by atoms with Crippen LogP contribution in [0, 0.1) is 0 Å². The van der Waals surface area contributed by atoms with Crippen LogP contribution in [0.2, 0.25) is 0 Å². The van der Waals surface area contributed by atoms with Crippen molar-refractivity contribution in [3.05, 3.63) is 54.1 Å². The molecule has 2 aromatic carbocycles. The third kappa shape index (κ3) is 8.11. The largest absolute Gasteiger partial charge is 0.486 e. The first-order chi connectivity index (χ1) is 18.2. The third-order valence-corrected chi connectivity index (χ3v) is 7.58. The van der Waals surface area contributed by atoms with Crippen LogP contribution in [0.3, 0.4) is 0 Å². The molecule has 10 heteroatoms.